The number of carboxylic acids is 1. The van der Waals surface area contributed by atoms with Crippen molar-refractivity contribution in [1.82, 2.24) is 9.88 Å². The summed E-state index contributed by atoms with van der Waals surface area (Å²) in [6.07, 6.45) is 0.566. The number of pyridine rings is 1. The molecular weight excluding hydrogens is 296 g/mol. The highest BCUT2D eigenvalue weighted by molar-refractivity contribution is 5.94. The van der Waals surface area contributed by atoms with Gasteiger partial charge in [0.2, 0.25) is 5.56 Å². The van der Waals surface area contributed by atoms with Crippen LogP contribution in [0.25, 0.3) is 0 Å². The van der Waals surface area contributed by atoms with Gasteiger partial charge in [-0.25, -0.2) is 0 Å². The molecule has 0 aliphatic carbocycles. The highest BCUT2D eigenvalue weighted by Gasteiger charge is 2.19. The van der Waals surface area contributed by atoms with Crippen LogP contribution in [0, 0.1) is 11.8 Å². The molecule has 6 heteroatoms. The van der Waals surface area contributed by atoms with E-state index in [4.69, 9.17) is 5.11 Å². The van der Waals surface area contributed by atoms with E-state index in [1.54, 1.807) is 6.07 Å². The van der Waals surface area contributed by atoms with Gasteiger partial charge >= 0.3 is 5.97 Å². The minimum atomic E-state index is -0.946. The van der Waals surface area contributed by atoms with Crippen molar-refractivity contribution < 1.29 is 14.7 Å². The van der Waals surface area contributed by atoms with Gasteiger partial charge < -0.3 is 15.0 Å². The fraction of sp³-hybridized carbons (Fsp3) is 0.588. The Morgan fingerprint density at radius 2 is 1.83 bits per heavy atom. The number of nitrogens with zero attached hydrogens (tertiary/aromatic N) is 1. The lowest BCUT2D eigenvalue weighted by Gasteiger charge is -2.24. The van der Waals surface area contributed by atoms with Gasteiger partial charge in [0.05, 0.1) is 6.42 Å². The summed E-state index contributed by atoms with van der Waals surface area (Å²) < 4.78 is 0. The first-order valence-electron chi connectivity index (χ1n) is 7.93. The number of hydrogen-bond acceptors (Lipinski definition) is 3. The Morgan fingerprint density at radius 1 is 1.17 bits per heavy atom. The van der Waals surface area contributed by atoms with Gasteiger partial charge in [-0.3, -0.25) is 14.4 Å². The minimum absolute atomic E-state index is 0.111. The number of carboxylic acid groups (broad SMARTS) is 1. The molecule has 6 nitrogen and oxygen atoms in total. The van der Waals surface area contributed by atoms with Gasteiger partial charge in [0, 0.05) is 30.4 Å². The summed E-state index contributed by atoms with van der Waals surface area (Å²) in [6, 6.07) is 2.97. The van der Waals surface area contributed by atoms with Crippen LogP contribution in [0.1, 0.15) is 50.2 Å². The molecule has 0 spiro atoms. The number of carbonyl (C=O) groups is 2. The summed E-state index contributed by atoms with van der Waals surface area (Å²) in [6.45, 7) is 8.58. The molecule has 128 valence electrons. The number of nitrogens with one attached hydrogen (secondary N) is 1. The zero-order chi connectivity index (χ0) is 17.6. The maximum atomic E-state index is 12.7. The second-order valence-electron chi connectivity index (χ2n) is 6.65. The number of hydrogen-bond donors (Lipinski definition) is 2. The van der Waals surface area contributed by atoms with Crippen molar-refractivity contribution in [3.8, 4) is 0 Å². The van der Waals surface area contributed by atoms with Gasteiger partial charge in [-0.15, -0.1) is 0 Å². The van der Waals surface area contributed by atoms with Crippen molar-refractivity contribution in [2.45, 2.75) is 40.5 Å². The summed E-state index contributed by atoms with van der Waals surface area (Å²) in [7, 11) is 0. The predicted octanol–water partition coefficient (Wildman–Crippen LogP) is 2.15. The third kappa shape index (κ3) is 6.67. The molecule has 23 heavy (non-hydrogen) atoms. The van der Waals surface area contributed by atoms with Crippen molar-refractivity contribution in [3.63, 3.8) is 0 Å². The van der Waals surface area contributed by atoms with E-state index in [0.717, 1.165) is 5.69 Å². The molecular formula is C17H26N2O4. The molecule has 0 saturated heterocycles. The largest absolute Gasteiger partial charge is 0.481 e. The zero-order valence-electron chi connectivity index (χ0n) is 14.3. The lowest BCUT2D eigenvalue weighted by molar-refractivity contribution is -0.137. The number of aliphatic carboxylic acids is 1. The summed E-state index contributed by atoms with van der Waals surface area (Å²) in [5.41, 5.74) is 0.725. The number of H-pyrrole nitrogens is 1. The van der Waals surface area contributed by atoms with Gasteiger partial charge in [-0.2, -0.15) is 0 Å². The van der Waals surface area contributed by atoms with Crippen molar-refractivity contribution in [3.05, 3.63) is 33.7 Å². The van der Waals surface area contributed by atoms with Crippen molar-refractivity contribution >= 4 is 11.9 Å². The number of rotatable bonds is 8. The Hall–Kier alpha value is -2.11. The van der Waals surface area contributed by atoms with Gasteiger partial charge in [0.25, 0.3) is 5.91 Å². The fourth-order valence-electron chi connectivity index (χ4n) is 2.40. The molecule has 1 heterocycles. The maximum Gasteiger partial charge on any atom is 0.305 e. The molecule has 2 N–H and O–H groups in total. The Kier molecular flexibility index (Phi) is 7.00. The number of aromatic amines is 1. The molecule has 0 unspecified atom stereocenters. The Balaban J connectivity index is 3.03. The van der Waals surface area contributed by atoms with Gasteiger partial charge in [0.1, 0.15) is 0 Å². The van der Waals surface area contributed by atoms with Crippen LogP contribution in [0.3, 0.4) is 0 Å². The maximum absolute atomic E-state index is 12.7. The Morgan fingerprint density at radius 3 is 2.35 bits per heavy atom. The quantitative estimate of drug-likeness (QED) is 0.767. The monoisotopic (exact) mass is 322 g/mol. The molecule has 0 aromatic carbocycles. The van der Waals surface area contributed by atoms with Crippen LogP contribution in [0.15, 0.2) is 16.9 Å². The lowest BCUT2D eigenvalue weighted by Crippen LogP contribution is -2.36. The molecule has 1 amide bonds. The number of carbonyl (C=O) groups excluding carboxylic acids is 1. The molecule has 0 saturated carbocycles. The van der Waals surface area contributed by atoms with Gasteiger partial charge in [-0.1, -0.05) is 27.7 Å². The average molecular weight is 322 g/mol. The first-order chi connectivity index (χ1) is 10.7. The first-order valence-corrected chi connectivity index (χ1v) is 7.93. The fourth-order valence-corrected chi connectivity index (χ4v) is 2.40. The van der Waals surface area contributed by atoms with Crippen molar-refractivity contribution in [1.29, 1.82) is 0 Å². The van der Waals surface area contributed by atoms with E-state index in [1.807, 2.05) is 27.7 Å². The number of aromatic nitrogens is 1. The molecule has 1 rings (SSSR count). The van der Waals surface area contributed by atoms with Crippen molar-refractivity contribution in [2.24, 2.45) is 11.8 Å². The van der Waals surface area contributed by atoms with Crippen LogP contribution in [0.2, 0.25) is 0 Å². The minimum Gasteiger partial charge on any atom is -0.481 e. The van der Waals surface area contributed by atoms with E-state index in [-0.39, 0.29) is 30.3 Å². The van der Waals surface area contributed by atoms with Gasteiger partial charge in [0.15, 0.2) is 0 Å². The average Bonchev–Trinajstić information content (AvgIpc) is 2.40. The molecule has 1 aromatic heterocycles. The Labute approximate surface area is 136 Å². The van der Waals surface area contributed by atoms with E-state index < -0.39 is 5.97 Å². The van der Waals surface area contributed by atoms with E-state index in [2.05, 4.69) is 4.98 Å². The van der Waals surface area contributed by atoms with E-state index in [0.29, 0.717) is 24.4 Å². The molecule has 0 aliphatic heterocycles. The summed E-state index contributed by atoms with van der Waals surface area (Å²) >= 11 is 0. The summed E-state index contributed by atoms with van der Waals surface area (Å²) in [4.78, 5) is 39.5. The highest BCUT2D eigenvalue weighted by Crippen LogP contribution is 2.10. The molecule has 0 atom stereocenters. The topological polar surface area (TPSA) is 90.5 Å². The third-order valence-corrected chi connectivity index (χ3v) is 3.24. The van der Waals surface area contributed by atoms with E-state index >= 15 is 0 Å². The summed E-state index contributed by atoms with van der Waals surface area (Å²) in [5.74, 6) is -0.673. The lowest BCUT2D eigenvalue weighted by atomic mass is 10.1. The van der Waals surface area contributed by atoms with Crippen molar-refractivity contribution in [2.75, 3.05) is 13.1 Å². The SMILES string of the molecule is CC(C)Cc1cc(C(=O)N(CCC(=O)O)CC(C)C)cc(=O)[nH]1. The van der Waals surface area contributed by atoms with Crippen LogP contribution in [0.4, 0.5) is 0 Å². The Bertz CT molecular complexity index is 605. The standard InChI is InChI=1S/C17H26N2O4/c1-11(2)7-14-8-13(9-15(20)18-14)17(23)19(10-12(3)4)6-5-16(21)22/h8-9,11-12H,5-7,10H2,1-4H3,(H,18,20)(H,21,22). The third-order valence-electron chi connectivity index (χ3n) is 3.24. The molecule has 0 aliphatic rings. The molecule has 1 aromatic rings. The van der Waals surface area contributed by atoms with E-state index in [9.17, 15) is 14.4 Å². The smallest absolute Gasteiger partial charge is 0.305 e. The molecule has 0 bridgehead atoms. The normalized spacial score (nSPS) is 11.0. The molecule has 0 radical (unpaired) electrons. The highest BCUT2D eigenvalue weighted by atomic mass is 16.4. The predicted molar refractivity (Wildman–Crippen MR) is 88.6 cm³/mol. The van der Waals surface area contributed by atoms with Crippen LogP contribution in [0.5, 0.6) is 0 Å². The van der Waals surface area contributed by atoms with Gasteiger partial charge in [-0.05, 0) is 24.3 Å². The van der Waals surface area contributed by atoms with Crippen LogP contribution >= 0.6 is 0 Å². The zero-order valence-corrected chi connectivity index (χ0v) is 14.3. The van der Waals surface area contributed by atoms with Crippen LogP contribution < -0.4 is 5.56 Å². The second kappa shape index (κ2) is 8.50. The van der Waals surface area contributed by atoms with E-state index in [1.165, 1.54) is 11.0 Å². The second-order valence-corrected chi connectivity index (χ2v) is 6.65. The molecule has 0 fully saturated rings. The van der Waals surface area contributed by atoms with Crippen LogP contribution in [-0.2, 0) is 11.2 Å². The first kappa shape index (κ1) is 18.9. The number of amides is 1. The van der Waals surface area contributed by atoms with Crippen LogP contribution in [-0.4, -0.2) is 40.0 Å². The summed E-state index contributed by atoms with van der Waals surface area (Å²) in [5, 5.41) is 8.84.